The lowest BCUT2D eigenvalue weighted by atomic mass is 10.2. The number of para-hydroxylation sites is 1. The Morgan fingerprint density at radius 3 is 1.87 bits per heavy atom. The molecule has 1 aliphatic rings. The Morgan fingerprint density at radius 2 is 1.23 bits per heavy atom. The van der Waals surface area contributed by atoms with Gasteiger partial charge in [0.2, 0.25) is 0 Å². The fourth-order valence-corrected chi connectivity index (χ4v) is 3.30. The van der Waals surface area contributed by atoms with Crippen molar-refractivity contribution in [2.24, 2.45) is 0 Å². The van der Waals surface area contributed by atoms with E-state index < -0.39 is 0 Å². The number of benzene rings is 3. The molecule has 158 valence electrons. The van der Waals surface area contributed by atoms with Crippen LogP contribution in [0.3, 0.4) is 0 Å². The van der Waals surface area contributed by atoms with Gasteiger partial charge in [-0.25, -0.2) is 4.79 Å². The summed E-state index contributed by atoms with van der Waals surface area (Å²) in [5.74, 6) is -0.209. The van der Waals surface area contributed by atoms with E-state index in [4.69, 9.17) is 4.74 Å². The predicted octanol–water partition coefficient (Wildman–Crippen LogP) is 4.42. The second-order valence-electron chi connectivity index (χ2n) is 7.12. The normalized spacial score (nSPS) is 13.4. The average molecular weight is 416 g/mol. The smallest absolute Gasteiger partial charge is 0.323 e. The highest BCUT2D eigenvalue weighted by Crippen LogP contribution is 2.20. The molecule has 3 amide bonds. The lowest BCUT2D eigenvalue weighted by Crippen LogP contribution is -2.36. The van der Waals surface area contributed by atoms with Gasteiger partial charge in [-0.2, -0.15) is 0 Å². The summed E-state index contributed by atoms with van der Waals surface area (Å²) >= 11 is 0. The molecule has 0 atom stereocenters. The molecule has 3 aromatic carbocycles. The molecule has 4 rings (SSSR count). The van der Waals surface area contributed by atoms with Crippen LogP contribution < -0.4 is 20.9 Å². The van der Waals surface area contributed by atoms with Gasteiger partial charge in [-0.1, -0.05) is 18.2 Å². The number of carbonyl (C=O) groups excluding carboxylic acids is 2. The number of hydrogen-bond donors (Lipinski definition) is 3. The molecule has 3 aromatic rings. The van der Waals surface area contributed by atoms with Gasteiger partial charge in [-0.05, 0) is 60.7 Å². The summed E-state index contributed by atoms with van der Waals surface area (Å²) in [7, 11) is 0. The highest BCUT2D eigenvalue weighted by Gasteiger charge is 2.12. The standard InChI is InChI=1S/C24H24N4O3/c29-23(25-20-10-12-22(13-11-20)28-14-16-31-17-15-28)18-6-8-21(9-7-18)27-24(30)26-19-4-2-1-3-5-19/h1-13H,14-17H2,(H,25,29)(H2,26,27,30). The summed E-state index contributed by atoms with van der Waals surface area (Å²) in [4.78, 5) is 26.9. The van der Waals surface area contributed by atoms with Crippen LogP contribution in [0.2, 0.25) is 0 Å². The van der Waals surface area contributed by atoms with Crippen LogP contribution in [0.4, 0.5) is 27.5 Å². The topological polar surface area (TPSA) is 82.7 Å². The third kappa shape index (κ3) is 5.61. The van der Waals surface area contributed by atoms with Crippen molar-refractivity contribution in [2.45, 2.75) is 0 Å². The first-order valence-electron chi connectivity index (χ1n) is 10.1. The molecule has 1 saturated heterocycles. The number of nitrogens with zero attached hydrogens (tertiary/aromatic N) is 1. The zero-order valence-corrected chi connectivity index (χ0v) is 17.0. The molecule has 0 aliphatic carbocycles. The quantitative estimate of drug-likeness (QED) is 0.575. The van der Waals surface area contributed by atoms with Crippen molar-refractivity contribution in [1.82, 2.24) is 0 Å². The van der Waals surface area contributed by atoms with Crippen LogP contribution >= 0.6 is 0 Å². The van der Waals surface area contributed by atoms with Crippen molar-refractivity contribution in [3.8, 4) is 0 Å². The Hall–Kier alpha value is -3.84. The van der Waals surface area contributed by atoms with Crippen molar-refractivity contribution in [3.63, 3.8) is 0 Å². The van der Waals surface area contributed by atoms with Gasteiger partial charge in [-0.15, -0.1) is 0 Å². The molecular formula is C24H24N4O3. The van der Waals surface area contributed by atoms with Gasteiger partial charge in [0.15, 0.2) is 0 Å². The van der Waals surface area contributed by atoms with Gasteiger partial charge >= 0.3 is 6.03 Å². The van der Waals surface area contributed by atoms with E-state index in [0.717, 1.165) is 37.7 Å². The number of amides is 3. The van der Waals surface area contributed by atoms with Crippen LogP contribution in [0.1, 0.15) is 10.4 Å². The maximum atomic E-state index is 12.5. The van der Waals surface area contributed by atoms with Crippen molar-refractivity contribution in [1.29, 1.82) is 0 Å². The molecule has 0 saturated carbocycles. The van der Waals surface area contributed by atoms with Crippen molar-refractivity contribution in [2.75, 3.05) is 47.2 Å². The first kappa shape index (κ1) is 20.4. The monoisotopic (exact) mass is 416 g/mol. The van der Waals surface area contributed by atoms with Crippen LogP contribution in [0.15, 0.2) is 78.9 Å². The Kier molecular flexibility index (Phi) is 6.44. The van der Waals surface area contributed by atoms with Gasteiger partial charge in [0, 0.05) is 41.4 Å². The number of nitrogens with one attached hydrogen (secondary N) is 3. The molecule has 0 bridgehead atoms. The van der Waals surface area contributed by atoms with E-state index in [1.807, 2.05) is 42.5 Å². The third-order valence-corrected chi connectivity index (χ3v) is 4.94. The fourth-order valence-electron chi connectivity index (χ4n) is 3.30. The predicted molar refractivity (Wildman–Crippen MR) is 123 cm³/mol. The van der Waals surface area contributed by atoms with Gasteiger partial charge in [0.25, 0.3) is 5.91 Å². The Balaban J connectivity index is 1.31. The molecule has 0 spiro atoms. The Labute approximate surface area is 181 Å². The van der Waals surface area contributed by atoms with E-state index in [1.54, 1.807) is 36.4 Å². The van der Waals surface area contributed by atoms with Crippen molar-refractivity contribution < 1.29 is 14.3 Å². The largest absolute Gasteiger partial charge is 0.378 e. The molecular weight excluding hydrogens is 392 g/mol. The Morgan fingerprint density at radius 1 is 0.677 bits per heavy atom. The van der Waals surface area contributed by atoms with E-state index in [0.29, 0.717) is 16.9 Å². The molecule has 1 heterocycles. The molecule has 7 heteroatoms. The number of urea groups is 1. The van der Waals surface area contributed by atoms with Gasteiger partial charge < -0.3 is 25.6 Å². The number of hydrogen-bond acceptors (Lipinski definition) is 4. The molecule has 0 aromatic heterocycles. The minimum absolute atomic E-state index is 0.209. The Bertz CT molecular complexity index is 1010. The van der Waals surface area contributed by atoms with Crippen molar-refractivity contribution in [3.05, 3.63) is 84.4 Å². The molecule has 1 aliphatic heterocycles. The number of carbonyl (C=O) groups is 2. The molecule has 31 heavy (non-hydrogen) atoms. The summed E-state index contributed by atoms with van der Waals surface area (Å²) in [6.45, 7) is 3.21. The summed E-state index contributed by atoms with van der Waals surface area (Å²) in [5.41, 5.74) is 3.65. The van der Waals surface area contributed by atoms with Crippen LogP contribution in [-0.2, 0) is 4.74 Å². The van der Waals surface area contributed by atoms with Crippen LogP contribution in [0.25, 0.3) is 0 Å². The first-order valence-corrected chi connectivity index (χ1v) is 10.1. The van der Waals surface area contributed by atoms with Crippen LogP contribution in [-0.4, -0.2) is 38.2 Å². The second kappa shape index (κ2) is 9.77. The van der Waals surface area contributed by atoms with Crippen LogP contribution in [0.5, 0.6) is 0 Å². The minimum atomic E-state index is -0.344. The lowest BCUT2D eigenvalue weighted by Gasteiger charge is -2.28. The van der Waals surface area contributed by atoms with E-state index in [1.165, 1.54) is 0 Å². The zero-order chi connectivity index (χ0) is 21.5. The molecule has 7 nitrogen and oxygen atoms in total. The molecule has 0 unspecified atom stereocenters. The van der Waals surface area contributed by atoms with E-state index in [2.05, 4.69) is 20.9 Å². The molecule has 1 fully saturated rings. The summed E-state index contributed by atoms with van der Waals surface area (Å²) in [6.07, 6.45) is 0. The maximum absolute atomic E-state index is 12.5. The second-order valence-corrected chi connectivity index (χ2v) is 7.12. The third-order valence-electron chi connectivity index (χ3n) is 4.94. The lowest BCUT2D eigenvalue weighted by molar-refractivity contribution is 0.102. The summed E-state index contributed by atoms with van der Waals surface area (Å²) in [5, 5.41) is 8.40. The highest BCUT2D eigenvalue weighted by molar-refractivity contribution is 6.05. The van der Waals surface area contributed by atoms with Gasteiger partial charge in [-0.3, -0.25) is 4.79 Å². The molecule has 0 radical (unpaired) electrons. The number of rotatable bonds is 5. The summed E-state index contributed by atoms with van der Waals surface area (Å²) in [6, 6.07) is 23.4. The highest BCUT2D eigenvalue weighted by atomic mass is 16.5. The van der Waals surface area contributed by atoms with E-state index in [9.17, 15) is 9.59 Å². The van der Waals surface area contributed by atoms with Gasteiger partial charge in [0.1, 0.15) is 0 Å². The minimum Gasteiger partial charge on any atom is -0.378 e. The van der Waals surface area contributed by atoms with E-state index >= 15 is 0 Å². The zero-order valence-electron chi connectivity index (χ0n) is 17.0. The molecule has 3 N–H and O–H groups in total. The SMILES string of the molecule is O=C(Nc1ccccc1)Nc1ccc(C(=O)Nc2ccc(N3CCOCC3)cc2)cc1. The fraction of sp³-hybridized carbons (Fsp3) is 0.167. The van der Waals surface area contributed by atoms with E-state index in [-0.39, 0.29) is 11.9 Å². The number of morpholine rings is 1. The van der Waals surface area contributed by atoms with Gasteiger partial charge in [0.05, 0.1) is 13.2 Å². The van der Waals surface area contributed by atoms with Crippen LogP contribution in [0, 0.1) is 0 Å². The summed E-state index contributed by atoms with van der Waals surface area (Å²) < 4.78 is 5.38. The first-order chi connectivity index (χ1) is 15.2. The number of anilines is 4. The average Bonchev–Trinajstić information content (AvgIpc) is 2.81. The van der Waals surface area contributed by atoms with Crippen molar-refractivity contribution >= 4 is 34.7 Å². The number of ether oxygens (including phenoxy) is 1. The maximum Gasteiger partial charge on any atom is 0.323 e.